The van der Waals surface area contributed by atoms with E-state index in [4.69, 9.17) is 5.11 Å². The molecule has 1 aromatic carbocycles. The zero-order valence-corrected chi connectivity index (χ0v) is 9.40. The number of benzene rings is 1. The normalized spacial score (nSPS) is 10.3. The van der Waals surface area contributed by atoms with Gasteiger partial charge in [-0.2, -0.15) is 5.10 Å². The molecule has 2 aromatic rings. The molecule has 1 N–H and O–H groups in total. The highest BCUT2D eigenvalue weighted by Gasteiger charge is 2.15. The highest BCUT2D eigenvalue weighted by Crippen LogP contribution is 2.18. The highest BCUT2D eigenvalue weighted by molar-refractivity contribution is 5.92. The van der Waals surface area contributed by atoms with E-state index in [0.717, 1.165) is 11.8 Å². The number of rotatable bonds is 3. The second-order valence-electron chi connectivity index (χ2n) is 3.73. The van der Waals surface area contributed by atoms with Gasteiger partial charge in [-0.05, 0) is 19.1 Å². The van der Waals surface area contributed by atoms with E-state index in [9.17, 15) is 14.9 Å². The molecule has 0 spiro atoms. The Bertz CT molecular complexity index is 633. The molecule has 7 heteroatoms. The van der Waals surface area contributed by atoms with Gasteiger partial charge in [-0.3, -0.25) is 10.1 Å². The maximum Gasteiger partial charge on any atom is 0.337 e. The third kappa shape index (κ3) is 2.05. The number of hydrogen-bond acceptors (Lipinski definition) is 4. The Balaban J connectivity index is 2.55. The summed E-state index contributed by atoms with van der Waals surface area (Å²) in [6.07, 6.45) is 2.25. The lowest BCUT2D eigenvalue weighted by Crippen LogP contribution is -2.06. The van der Waals surface area contributed by atoms with Gasteiger partial charge in [0.15, 0.2) is 0 Å². The highest BCUT2D eigenvalue weighted by atomic mass is 16.6. The van der Waals surface area contributed by atoms with Crippen LogP contribution in [0, 0.1) is 17.0 Å². The van der Waals surface area contributed by atoms with Crippen LogP contribution in [0.4, 0.5) is 5.69 Å². The van der Waals surface area contributed by atoms with Gasteiger partial charge in [-0.15, -0.1) is 0 Å². The van der Waals surface area contributed by atoms with Crippen molar-refractivity contribution in [2.24, 2.45) is 0 Å². The van der Waals surface area contributed by atoms with Crippen LogP contribution in [-0.4, -0.2) is 25.8 Å². The van der Waals surface area contributed by atoms with Gasteiger partial charge in [0.2, 0.25) is 0 Å². The Kier molecular flexibility index (Phi) is 2.80. The van der Waals surface area contributed by atoms with E-state index in [1.165, 1.54) is 16.9 Å². The predicted molar refractivity (Wildman–Crippen MR) is 61.9 cm³/mol. The van der Waals surface area contributed by atoms with Crippen molar-refractivity contribution < 1.29 is 14.8 Å². The molecule has 0 aliphatic rings. The lowest BCUT2D eigenvalue weighted by molar-refractivity contribution is -0.384. The minimum atomic E-state index is -1.10. The summed E-state index contributed by atoms with van der Waals surface area (Å²) in [5.41, 5.74) is 0.943. The number of nitro groups is 1. The first-order valence-electron chi connectivity index (χ1n) is 5.02. The second-order valence-corrected chi connectivity index (χ2v) is 3.73. The molecule has 0 amide bonds. The summed E-state index contributed by atoms with van der Waals surface area (Å²) >= 11 is 0. The van der Waals surface area contributed by atoms with Crippen molar-refractivity contribution in [3.05, 3.63) is 51.8 Å². The quantitative estimate of drug-likeness (QED) is 0.658. The van der Waals surface area contributed by atoms with Gasteiger partial charge in [0.1, 0.15) is 12.4 Å². The summed E-state index contributed by atoms with van der Waals surface area (Å²) in [5, 5.41) is 23.4. The van der Waals surface area contributed by atoms with E-state index in [1.54, 1.807) is 19.1 Å². The molecule has 0 unspecified atom stereocenters. The molecule has 7 nitrogen and oxygen atoms in total. The summed E-state index contributed by atoms with van der Waals surface area (Å²) in [4.78, 5) is 21.1. The van der Waals surface area contributed by atoms with Crippen molar-refractivity contribution in [2.75, 3.05) is 0 Å². The van der Waals surface area contributed by atoms with Crippen molar-refractivity contribution in [1.29, 1.82) is 0 Å². The average Bonchev–Trinajstić information content (AvgIpc) is 2.78. The second kappa shape index (κ2) is 4.28. The molecule has 92 valence electrons. The molecule has 0 fully saturated rings. The smallest absolute Gasteiger partial charge is 0.337 e. The topological polar surface area (TPSA) is 98.3 Å². The maximum absolute atomic E-state index is 11.1. The van der Waals surface area contributed by atoms with Gasteiger partial charge in [-0.1, -0.05) is 11.6 Å². The number of carboxylic acid groups (broad SMARTS) is 1. The van der Waals surface area contributed by atoms with Gasteiger partial charge in [0.05, 0.1) is 16.2 Å². The van der Waals surface area contributed by atoms with Crippen LogP contribution in [-0.2, 0) is 0 Å². The number of carbonyl (C=O) groups is 1. The lowest BCUT2D eigenvalue weighted by atomic mass is 10.1. The van der Waals surface area contributed by atoms with Gasteiger partial charge >= 0.3 is 11.7 Å². The van der Waals surface area contributed by atoms with Crippen molar-refractivity contribution in [3.63, 3.8) is 0 Å². The molecule has 0 radical (unpaired) electrons. The molecule has 0 atom stereocenters. The SMILES string of the molecule is Cc1ccc(-n2cc([N+](=O)[O-])cn2)c(C(=O)O)c1. The van der Waals surface area contributed by atoms with Crippen LogP contribution in [0.15, 0.2) is 30.6 Å². The Hall–Kier alpha value is -2.70. The Labute approximate surface area is 101 Å². The molecule has 18 heavy (non-hydrogen) atoms. The third-order valence-electron chi connectivity index (χ3n) is 2.41. The zero-order valence-electron chi connectivity index (χ0n) is 9.40. The van der Waals surface area contributed by atoms with E-state index >= 15 is 0 Å². The molecule has 0 aliphatic heterocycles. The maximum atomic E-state index is 11.1. The van der Waals surface area contributed by atoms with Crippen molar-refractivity contribution in [3.8, 4) is 5.69 Å². The van der Waals surface area contributed by atoms with E-state index < -0.39 is 10.9 Å². The molecule has 0 saturated carbocycles. The Morgan fingerprint density at radius 3 is 2.78 bits per heavy atom. The summed E-state index contributed by atoms with van der Waals surface area (Å²) in [5.74, 6) is -1.10. The van der Waals surface area contributed by atoms with Gasteiger partial charge in [0.25, 0.3) is 0 Å². The number of nitrogens with zero attached hydrogens (tertiary/aromatic N) is 3. The monoisotopic (exact) mass is 247 g/mol. The largest absolute Gasteiger partial charge is 0.478 e. The summed E-state index contributed by atoms with van der Waals surface area (Å²) in [6.45, 7) is 1.77. The van der Waals surface area contributed by atoms with Gasteiger partial charge in [-0.25, -0.2) is 9.48 Å². The number of hydrogen-bond donors (Lipinski definition) is 1. The Morgan fingerprint density at radius 2 is 2.22 bits per heavy atom. The van der Waals surface area contributed by atoms with Crippen molar-refractivity contribution in [2.45, 2.75) is 6.92 Å². The number of aromatic carboxylic acids is 1. The molecular weight excluding hydrogens is 238 g/mol. The van der Waals surface area contributed by atoms with E-state index in [2.05, 4.69) is 5.10 Å². The fourth-order valence-electron chi connectivity index (χ4n) is 1.56. The molecule has 1 heterocycles. The fraction of sp³-hybridized carbons (Fsp3) is 0.0909. The van der Waals surface area contributed by atoms with Gasteiger partial charge < -0.3 is 5.11 Å². The molecule has 2 rings (SSSR count). The summed E-state index contributed by atoms with van der Waals surface area (Å²) < 4.78 is 1.18. The number of carboxylic acids is 1. The first-order chi connectivity index (χ1) is 8.49. The first-order valence-corrected chi connectivity index (χ1v) is 5.02. The van der Waals surface area contributed by atoms with Crippen molar-refractivity contribution in [1.82, 2.24) is 9.78 Å². The van der Waals surface area contributed by atoms with Crippen molar-refractivity contribution >= 4 is 11.7 Å². The summed E-state index contributed by atoms with van der Waals surface area (Å²) in [7, 11) is 0. The molecular formula is C11H9N3O4. The van der Waals surface area contributed by atoms with Crippen LogP contribution in [0.1, 0.15) is 15.9 Å². The van der Waals surface area contributed by atoms with Crippen LogP contribution in [0.5, 0.6) is 0 Å². The summed E-state index contributed by atoms with van der Waals surface area (Å²) in [6, 6.07) is 4.77. The minimum absolute atomic E-state index is 0.0491. The van der Waals surface area contributed by atoms with Crippen LogP contribution >= 0.6 is 0 Å². The molecule has 1 aromatic heterocycles. The van der Waals surface area contributed by atoms with Crippen LogP contribution in [0.25, 0.3) is 5.69 Å². The zero-order chi connectivity index (χ0) is 13.3. The van der Waals surface area contributed by atoms with E-state index in [-0.39, 0.29) is 11.3 Å². The fourth-order valence-corrected chi connectivity index (χ4v) is 1.56. The lowest BCUT2D eigenvalue weighted by Gasteiger charge is -2.06. The predicted octanol–water partition coefficient (Wildman–Crippen LogP) is 1.79. The first kappa shape index (κ1) is 11.8. The molecule has 0 saturated heterocycles. The molecule has 0 aliphatic carbocycles. The average molecular weight is 247 g/mol. The van der Waals surface area contributed by atoms with Gasteiger partial charge in [0, 0.05) is 0 Å². The number of aromatic nitrogens is 2. The van der Waals surface area contributed by atoms with Crippen LogP contribution in [0.3, 0.4) is 0 Å². The number of aryl methyl sites for hydroxylation is 1. The Morgan fingerprint density at radius 1 is 1.50 bits per heavy atom. The molecule has 0 bridgehead atoms. The van der Waals surface area contributed by atoms with Crippen LogP contribution < -0.4 is 0 Å². The van der Waals surface area contributed by atoms with Crippen LogP contribution in [0.2, 0.25) is 0 Å². The third-order valence-corrected chi connectivity index (χ3v) is 2.41. The van der Waals surface area contributed by atoms with E-state index in [0.29, 0.717) is 5.69 Å². The van der Waals surface area contributed by atoms with E-state index in [1.807, 2.05) is 0 Å². The standard InChI is InChI=1S/C11H9N3O4/c1-7-2-3-10(9(4-7)11(15)16)13-6-8(5-12-13)14(17)18/h2-6H,1H3,(H,15,16). The minimum Gasteiger partial charge on any atom is -0.478 e.